The molecule has 1 aromatic carbocycles. The molecule has 124 valence electrons. The third kappa shape index (κ3) is 5.93. The summed E-state index contributed by atoms with van der Waals surface area (Å²) in [5.74, 6) is -0.792. The summed E-state index contributed by atoms with van der Waals surface area (Å²) in [6.45, 7) is 3.08. The van der Waals surface area contributed by atoms with Gasteiger partial charge in [-0.2, -0.15) is 0 Å². The number of rotatable bonds is 5. The van der Waals surface area contributed by atoms with Gasteiger partial charge in [0.1, 0.15) is 5.82 Å². The number of carbonyl (C=O) groups is 1. The van der Waals surface area contributed by atoms with E-state index in [-0.39, 0.29) is 23.9 Å². The minimum absolute atomic E-state index is 0. The molecule has 0 atom stereocenters. The second kappa shape index (κ2) is 9.80. The topological polar surface area (TPSA) is 41.1 Å². The van der Waals surface area contributed by atoms with Gasteiger partial charge in [-0.1, -0.05) is 31.7 Å². The van der Waals surface area contributed by atoms with Crippen LogP contribution in [0.25, 0.3) is 0 Å². The minimum Gasteiger partial charge on any atom is -0.351 e. The van der Waals surface area contributed by atoms with Crippen molar-refractivity contribution in [3.8, 4) is 0 Å². The molecule has 5 heteroatoms. The van der Waals surface area contributed by atoms with Gasteiger partial charge in [0.25, 0.3) is 5.91 Å². The van der Waals surface area contributed by atoms with E-state index in [0.717, 1.165) is 12.1 Å². The second-order valence-corrected chi connectivity index (χ2v) is 5.88. The van der Waals surface area contributed by atoms with E-state index >= 15 is 0 Å². The van der Waals surface area contributed by atoms with Gasteiger partial charge in [-0.15, -0.1) is 12.4 Å². The van der Waals surface area contributed by atoms with Gasteiger partial charge in [-0.3, -0.25) is 4.79 Å². The molecule has 2 N–H and O–H groups in total. The Labute approximate surface area is 138 Å². The number of carbonyl (C=O) groups excluding carboxylic acids is 1. The van der Waals surface area contributed by atoms with Crippen LogP contribution < -0.4 is 10.6 Å². The van der Waals surface area contributed by atoms with Crippen molar-refractivity contribution in [2.24, 2.45) is 0 Å². The van der Waals surface area contributed by atoms with E-state index in [1.165, 1.54) is 44.6 Å². The average molecular weight is 329 g/mol. The Morgan fingerprint density at radius 2 is 1.86 bits per heavy atom. The van der Waals surface area contributed by atoms with Crippen LogP contribution in [0.5, 0.6) is 0 Å². The summed E-state index contributed by atoms with van der Waals surface area (Å²) in [6.07, 6.45) is 7.70. The number of amides is 1. The summed E-state index contributed by atoms with van der Waals surface area (Å²) in [4.78, 5) is 11.9. The molecule has 1 aromatic rings. The summed E-state index contributed by atoms with van der Waals surface area (Å²) in [7, 11) is 0. The summed E-state index contributed by atoms with van der Waals surface area (Å²) < 4.78 is 13.7. The lowest BCUT2D eigenvalue weighted by atomic mass is 10.1. The van der Waals surface area contributed by atoms with Crippen molar-refractivity contribution in [3.05, 3.63) is 35.1 Å². The largest absolute Gasteiger partial charge is 0.351 e. The number of hydrogen-bond donors (Lipinski definition) is 2. The molecule has 0 radical (unpaired) electrons. The van der Waals surface area contributed by atoms with E-state index in [4.69, 9.17) is 0 Å². The number of hydrogen-bond acceptors (Lipinski definition) is 2. The molecule has 1 aliphatic carbocycles. The van der Waals surface area contributed by atoms with Gasteiger partial charge in [-0.05, 0) is 37.5 Å². The highest BCUT2D eigenvalue weighted by Crippen LogP contribution is 2.16. The van der Waals surface area contributed by atoms with Crippen LogP contribution in [-0.2, 0) is 0 Å². The van der Waals surface area contributed by atoms with Gasteiger partial charge in [0.15, 0.2) is 0 Å². The molecule has 1 saturated carbocycles. The van der Waals surface area contributed by atoms with Crippen LogP contribution in [0.2, 0.25) is 0 Å². The molecule has 0 heterocycles. The SMILES string of the molecule is Cc1ccc(C(=O)NCCNC2CCCCCC2)c(F)c1.Cl. The lowest BCUT2D eigenvalue weighted by Crippen LogP contribution is -2.37. The zero-order valence-electron chi connectivity index (χ0n) is 13.2. The average Bonchev–Trinajstić information content (AvgIpc) is 2.72. The molecular weight excluding hydrogens is 303 g/mol. The maximum absolute atomic E-state index is 13.7. The molecule has 0 unspecified atom stereocenters. The molecule has 0 aromatic heterocycles. The smallest absolute Gasteiger partial charge is 0.254 e. The van der Waals surface area contributed by atoms with Crippen molar-refractivity contribution >= 4 is 18.3 Å². The number of nitrogens with one attached hydrogen (secondary N) is 2. The zero-order chi connectivity index (χ0) is 15.1. The van der Waals surface area contributed by atoms with Crippen LogP contribution in [-0.4, -0.2) is 25.0 Å². The van der Waals surface area contributed by atoms with Gasteiger partial charge in [0.05, 0.1) is 5.56 Å². The third-order valence-corrected chi connectivity index (χ3v) is 4.07. The summed E-state index contributed by atoms with van der Waals surface area (Å²) in [6, 6.07) is 5.25. The fourth-order valence-corrected chi connectivity index (χ4v) is 2.84. The fraction of sp³-hybridized carbons (Fsp3) is 0.588. The molecule has 1 aliphatic rings. The van der Waals surface area contributed by atoms with Gasteiger partial charge in [0, 0.05) is 19.1 Å². The van der Waals surface area contributed by atoms with Gasteiger partial charge >= 0.3 is 0 Å². The molecular formula is C17H26ClFN2O. The van der Waals surface area contributed by atoms with Crippen molar-refractivity contribution in [2.45, 2.75) is 51.5 Å². The lowest BCUT2D eigenvalue weighted by Gasteiger charge is -2.16. The molecule has 1 amide bonds. The zero-order valence-corrected chi connectivity index (χ0v) is 14.0. The predicted molar refractivity (Wildman–Crippen MR) is 90.2 cm³/mol. The van der Waals surface area contributed by atoms with Crippen molar-refractivity contribution in [2.75, 3.05) is 13.1 Å². The van der Waals surface area contributed by atoms with E-state index < -0.39 is 5.82 Å². The van der Waals surface area contributed by atoms with Crippen molar-refractivity contribution in [1.29, 1.82) is 0 Å². The highest BCUT2D eigenvalue weighted by atomic mass is 35.5. The number of halogens is 2. The Hall–Kier alpha value is -1.13. The molecule has 0 spiro atoms. The Kier molecular flexibility index (Phi) is 8.43. The first-order chi connectivity index (χ1) is 10.2. The maximum atomic E-state index is 13.7. The molecule has 0 aliphatic heterocycles. The first kappa shape index (κ1) is 18.9. The Bertz CT molecular complexity index is 474. The van der Waals surface area contributed by atoms with Gasteiger partial charge < -0.3 is 10.6 Å². The maximum Gasteiger partial charge on any atom is 0.254 e. The fourth-order valence-electron chi connectivity index (χ4n) is 2.84. The minimum atomic E-state index is -0.454. The predicted octanol–water partition coefficient (Wildman–Crippen LogP) is 3.60. The van der Waals surface area contributed by atoms with E-state index in [1.807, 2.05) is 0 Å². The number of benzene rings is 1. The molecule has 0 bridgehead atoms. The van der Waals surface area contributed by atoms with Crippen LogP contribution >= 0.6 is 12.4 Å². The summed E-state index contributed by atoms with van der Waals surface area (Å²) in [5.41, 5.74) is 0.939. The summed E-state index contributed by atoms with van der Waals surface area (Å²) in [5, 5.41) is 6.26. The normalized spacial score (nSPS) is 15.7. The Morgan fingerprint density at radius 3 is 2.50 bits per heavy atom. The molecule has 0 saturated heterocycles. The molecule has 1 fully saturated rings. The van der Waals surface area contributed by atoms with E-state index in [9.17, 15) is 9.18 Å². The van der Waals surface area contributed by atoms with Crippen LogP contribution in [0.1, 0.15) is 54.4 Å². The Morgan fingerprint density at radius 1 is 1.18 bits per heavy atom. The third-order valence-electron chi connectivity index (χ3n) is 4.07. The van der Waals surface area contributed by atoms with Gasteiger partial charge in [-0.25, -0.2) is 4.39 Å². The van der Waals surface area contributed by atoms with E-state index in [2.05, 4.69) is 10.6 Å². The van der Waals surface area contributed by atoms with Crippen molar-refractivity contribution < 1.29 is 9.18 Å². The first-order valence-electron chi connectivity index (χ1n) is 7.94. The van der Waals surface area contributed by atoms with Crippen LogP contribution in [0.4, 0.5) is 4.39 Å². The quantitative estimate of drug-likeness (QED) is 0.640. The van der Waals surface area contributed by atoms with Crippen LogP contribution in [0.3, 0.4) is 0 Å². The lowest BCUT2D eigenvalue weighted by molar-refractivity contribution is 0.0949. The summed E-state index contributed by atoms with van der Waals surface area (Å²) >= 11 is 0. The van der Waals surface area contributed by atoms with Crippen molar-refractivity contribution in [1.82, 2.24) is 10.6 Å². The van der Waals surface area contributed by atoms with E-state index in [1.54, 1.807) is 19.1 Å². The van der Waals surface area contributed by atoms with Gasteiger partial charge in [0.2, 0.25) is 0 Å². The monoisotopic (exact) mass is 328 g/mol. The molecule has 22 heavy (non-hydrogen) atoms. The van der Waals surface area contributed by atoms with Crippen LogP contribution in [0, 0.1) is 12.7 Å². The van der Waals surface area contributed by atoms with Crippen molar-refractivity contribution in [3.63, 3.8) is 0 Å². The first-order valence-corrected chi connectivity index (χ1v) is 7.94. The van der Waals surface area contributed by atoms with E-state index in [0.29, 0.717) is 12.6 Å². The van der Waals surface area contributed by atoms with Crippen LogP contribution in [0.15, 0.2) is 18.2 Å². The molecule has 2 rings (SSSR count). The Balaban J connectivity index is 0.00000242. The highest BCUT2D eigenvalue weighted by molar-refractivity contribution is 5.94. The second-order valence-electron chi connectivity index (χ2n) is 5.88. The highest BCUT2D eigenvalue weighted by Gasteiger charge is 2.13. The standard InChI is InChI=1S/C17H25FN2O.ClH/c1-13-8-9-15(16(18)12-13)17(21)20-11-10-19-14-6-4-2-3-5-7-14;/h8-9,12,14,19H,2-7,10-11H2,1H3,(H,20,21);1H. The molecule has 3 nitrogen and oxygen atoms in total. The number of aryl methyl sites for hydroxylation is 1.